The van der Waals surface area contributed by atoms with Crippen molar-refractivity contribution in [3.63, 3.8) is 0 Å². The van der Waals surface area contributed by atoms with E-state index in [1.807, 2.05) is 0 Å². The average molecular weight is 249 g/mol. The van der Waals surface area contributed by atoms with E-state index in [1.54, 1.807) is 31.4 Å². The number of nitrogens with one attached hydrogen (secondary N) is 1. The van der Waals surface area contributed by atoms with Gasteiger partial charge in [0.05, 0.1) is 14.2 Å². The van der Waals surface area contributed by atoms with E-state index in [0.29, 0.717) is 5.75 Å². The number of carbonyl (C=O) groups excluding carboxylic acids is 2. The highest BCUT2D eigenvalue weighted by molar-refractivity contribution is 5.97. The number of hydrogen-bond donors (Lipinski definition) is 1. The first-order valence-electron chi connectivity index (χ1n) is 5.28. The van der Waals surface area contributed by atoms with Gasteiger partial charge in [0, 0.05) is 6.92 Å². The quantitative estimate of drug-likeness (QED) is 0.646. The maximum atomic E-state index is 11.4. The summed E-state index contributed by atoms with van der Waals surface area (Å²) in [7, 11) is 2.83. The molecule has 0 aliphatic rings. The molecule has 1 aromatic rings. The SMILES string of the molecule is COC(=O)C(=Cc1ccc(OC)cc1)NC(C)=O. The van der Waals surface area contributed by atoms with Gasteiger partial charge in [0.25, 0.3) is 0 Å². The van der Waals surface area contributed by atoms with Gasteiger partial charge < -0.3 is 14.8 Å². The molecule has 1 amide bonds. The number of hydrogen-bond acceptors (Lipinski definition) is 4. The predicted octanol–water partition coefficient (Wildman–Crippen LogP) is 1.35. The minimum Gasteiger partial charge on any atom is -0.497 e. The van der Waals surface area contributed by atoms with Crippen molar-refractivity contribution < 1.29 is 19.1 Å². The lowest BCUT2D eigenvalue weighted by molar-refractivity contribution is -0.137. The van der Waals surface area contributed by atoms with Crippen LogP contribution in [0, 0.1) is 0 Å². The lowest BCUT2D eigenvalue weighted by Gasteiger charge is -2.06. The molecule has 0 aromatic heterocycles. The summed E-state index contributed by atoms with van der Waals surface area (Å²) < 4.78 is 9.61. The molecule has 0 fully saturated rings. The molecule has 1 rings (SSSR count). The molecular weight excluding hydrogens is 234 g/mol. The molecule has 1 N–H and O–H groups in total. The molecule has 0 saturated heterocycles. The van der Waals surface area contributed by atoms with Crippen LogP contribution in [0.25, 0.3) is 6.08 Å². The molecule has 0 bridgehead atoms. The van der Waals surface area contributed by atoms with Crippen LogP contribution in [0.2, 0.25) is 0 Å². The Morgan fingerprint density at radius 1 is 1.17 bits per heavy atom. The van der Waals surface area contributed by atoms with Crippen molar-refractivity contribution in [1.29, 1.82) is 0 Å². The lowest BCUT2D eigenvalue weighted by Crippen LogP contribution is -2.25. The van der Waals surface area contributed by atoms with Crippen LogP contribution in [0.4, 0.5) is 0 Å². The molecular formula is C13H15NO4. The third-order valence-electron chi connectivity index (χ3n) is 2.14. The van der Waals surface area contributed by atoms with Crippen molar-refractivity contribution in [2.24, 2.45) is 0 Å². The molecule has 0 saturated carbocycles. The van der Waals surface area contributed by atoms with Gasteiger partial charge in [0.15, 0.2) is 0 Å². The van der Waals surface area contributed by atoms with Crippen LogP contribution in [-0.2, 0) is 14.3 Å². The van der Waals surface area contributed by atoms with Gasteiger partial charge in [-0.15, -0.1) is 0 Å². The van der Waals surface area contributed by atoms with Crippen LogP contribution < -0.4 is 10.1 Å². The van der Waals surface area contributed by atoms with Crippen LogP contribution in [-0.4, -0.2) is 26.1 Å². The van der Waals surface area contributed by atoms with E-state index in [4.69, 9.17) is 4.74 Å². The van der Waals surface area contributed by atoms with E-state index in [9.17, 15) is 9.59 Å². The summed E-state index contributed by atoms with van der Waals surface area (Å²) in [4.78, 5) is 22.4. The van der Waals surface area contributed by atoms with Crippen molar-refractivity contribution >= 4 is 18.0 Å². The zero-order valence-corrected chi connectivity index (χ0v) is 10.5. The Morgan fingerprint density at radius 3 is 2.22 bits per heavy atom. The second kappa shape index (κ2) is 6.44. The van der Waals surface area contributed by atoms with Gasteiger partial charge in [-0.25, -0.2) is 4.79 Å². The summed E-state index contributed by atoms with van der Waals surface area (Å²) in [6.07, 6.45) is 1.53. The fourth-order valence-electron chi connectivity index (χ4n) is 1.31. The van der Waals surface area contributed by atoms with Crippen molar-refractivity contribution in [3.05, 3.63) is 35.5 Å². The summed E-state index contributed by atoms with van der Waals surface area (Å²) in [6, 6.07) is 7.05. The maximum Gasteiger partial charge on any atom is 0.354 e. The fourth-order valence-corrected chi connectivity index (χ4v) is 1.31. The van der Waals surface area contributed by atoms with E-state index >= 15 is 0 Å². The highest BCUT2D eigenvalue weighted by Gasteiger charge is 2.10. The first-order chi connectivity index (χ1) is 8.56. The van der Waals surface area contributed by atoms with E-state index in [0.717, 1.165) is 5.56 Å². The standard InChI is InChI=1S/C13H15NO4/c1-9(15)14-12(13(16)18-3)8-10-4-6-11(17-2)7-5-10/h4-8H,1-3H3,(H,14,15). The van der Waals surface area contributed by atoms with E-state index in [1.165, 1.54) is 20.1 Å². The molecule has 0 unspecified atom stereocenters. The molecule has 5 heteroatoms. The second-order valence-corrected chi connectivity index (χ2v) is 3.50. The van der Waals surface area contributed by atoms with Crippen LogP contribution in [0.3, 0.4) is 0 Å². The van der Waals surface area contributed by atoms with Crippen molar-refractivity contribution in [1.82, 2.24) is 5.32 Å². The molecule has 0 radical (unpaired) electrons. The summed E-state index contributed by atoms with van der Waals surface area (Å²) in [6.45, 7) is 1.32. The smallest absolute Gasteiger partial charge is 0.354 e. The Balaban J connectivity index is 2.98. The van der Waals surface area contributed by atoms with Crippen LogP contribution in [0.5, 0.6) is 5.75 Å². The first-order valence-corrected chi connectivity index (χ1v) is 5.28. The number of carbonyl (C=O) groups is 2. The minimum atomic E-state index is -0.596. The van der Waals surface area contributed by atoms with E-state index < -0.39 is 5.97 Å². The highest BCUT2D eigenvalue weighted by atomic mass is 16.5. The van der Waals surface area contributed by atoms with E-state index in [2.05, 4.69) is 10.1 Å². The molecule has 0 spiro atoms. The number of amides is 1. The van der Waals surface area contributed by atoms with Gasteiger partial charge in [0.1, 0.15) is 11.4 Å². The Hall–Kier alpha value is -2.30. The fraction of sp³-hybridized carbons (Fsp3) is 0.231. The third-order valence-corrected chi connectivity index (χ3v) is 2.14. The van der Waals surface area contributed by atoms with Crippen molar-refractivity contribution in [2.45, 2.75) is 6.92 Å². The second-order valence-electron chi connectivity index (χ2n) is 3.50. The number of ether oxygens (including phenoxy) is 2. The summed E-state index contributed by atoms with van der Waals surface area (Å²) in [5.74, 6) is -0.215. The summed E-state index contributed by atoms with van der Waals surface area (Å²) in [5, 5.41) is 2.42. The Morgan fingerprint density at radius 2 is 1.78 bits per heavy atom. The van der Waals surface area contributed by atoms with Crippen LogP contribution in [0.15, 0.2) is 30.0 Å². The monoisotopic (exact) mass is 249 g/mol. The van der Waals surface area contributed by atoms with Gasteiger partial charge in [-0.05, 0) is 23.8 Å². The molecule has 0 aliphatic carbocycles. The Bertz CT molecular complexity index is 462. The van der Waals surface area contributed by atoms with Crippen molar-refractivity contribution in [2.75, 3.05) is 14.2 Å². The van der Waals surface area contributed by atoms with Crippen LogP contribution >= 0.6 is 0 Å². The number of benzene rings is 1. The number of rotatable bonds is 4. The first kappa shape index (κ1) is 13.8. The topological polar surface area (TPSA) is 64.6 Å². The van der Waals surface area contributed by atoms with E-state index in [-0.39, 0.29) is 11.6 Å². The largest absolute Gasteiger partial charge is 0.497 e. The molecule has 0 atom stereocenters. The average Bonchev–Trinajstić information content (AvgIpc) is 2.37. The van der Waals surface area contributed by atoms with Gasteiger partial charge in [-0.1, -0.05) is 12.1 Å². The normalized spacial score (nSPS) is 10.7. The molecule has 0 aliphatic heterocycles. The molecule has 18 heavy (non-hydrogen) atoms. The van der Waals surface area contributed by atoms with Gasteiger partial charge >= 0.3 is 5.97 Å². The molecule has 96 valence electrons. The Kier molecular flexibility index (Phi) is 4.92. The Labute approximate surface area is 105 Å². The maximum absolute atomic E-state index is 11.4. The molecule has 0 heterocycles. The van der Waals surface area contributed by atoms with Gasteiger partial charge in [0.2, 0.25) is 5.91 Å². The van der Waals surface area contributed by atoms with Gasteiger partial charge in [-0.3, -0.25) is 4.79 Å². The molecule has 5 nitrogen and oxygen atoms in total. The highest BCUT2D eigenvalue weighted by Crippen LogP contribution is 2.13. The zero-order chi connectivity index (χ0) is 13.5. The van der Waals surface area contributed by atoms with Crippen LogP contribution in [0.1, 0.15) is 12.5 Å². The molecule has 1 aromatic carbocycles. The predicted molar refractivity (Wildman–Crippen MR) is 66.8 cm³/mol. The van der Waals surface area contributed by atoms with Crippen molar-refractivity contribution in [3.8, 4) is 5.75 Å². The number of methoxy groups -OCH3 is 2. The minimum absolute atomic E-state index is 0.0927. The lowest BCUT2D eigenvalue weighted by atomic mass is 10.2. The third kappa shape index (κ3) is 3.93. The summed E-state index contributed by atoms with van der Waals surface area (Å²) in [5.41, 5.74) is 0.847. The zero-order valence-electron chi connectivity index (χ0n) is 10.5. The summed E-state index contributed by atoms with van der Waals surface area (Å²) >= 11 is 0. The number of esters is 1. The van der Waals surface area contributed by atoms with Gasteiger partial charge in [-0.2, -0.15) is 0 Å².